The minimum Gasteiger partial charge on any atom is -0.206 e. The Bertz CT molecular complexity index is 466. The molecule has 0 spiro atoms. The highest BCUT2D eigenvalue weighted by Crippen LogP contribution is 2.28. The lowest BCUT2D eigenvalue weighted by atomic mass is 10.1. The Morgan fingerprint density at radius 1 is 0.923 bits per heavy atom. The fraction of sp³-hybridized carbons (Fsp3) is 0. The Balaban J connectivity index is 2.97. The van der Waals surface area contributed by atoms with E-state index in [9.17, 15) is 8.78 Å². The lowest BCUT2D eigenvalue weighted by molar-refractivity contribution is 0.588. The summed E-state index contributed by atoms with van der Waals surface area (Å²) in [5.74, 6) is -1.10. The van der Waals surface area contributed by atoms with Gasteiger partial charge in [-0.05, 0) is 15.9 Å². The van der Waals surface area contributed by atoms with Crippen LogP contribution in [0.3, 0.4) is 0 Å². The maximum absolute atomic E-state index is 13.2. The van der Waals surface area contributed by atoms with Crippen LogP contribution < -0.4 is 0 Å². The van der Waals surface area contributed by atoms with E-state index in [1.165, 1.54) is 0 Å². The Hall–Kier alpha value is -0.960. The molecule has 2 rings (SSSR count). The average molecular weight is 243 g/mol. The van der Waals surface area contributed by atoms with Gasteiger partial charge < -0.3 is 0 Å². The van der Waals surface area contributed by atoms with Gasteiger partial charge in [0.2, 0.25) is 0 Å². The first kappa shape index (κ1) is 8.63. The molecule has 0 heterocycles. The van der Waals surface area contributed by atoms with Gasteiger partial charge in [0.05, 0.1) is 4.47 Å². The van der Waals surface area contributed by atoms with Crippen LogP contribution in [0.25, 0.3) is 10.8 Å². The molecule has 0 saturated heterocycles. The van der Waals surface area contributed by atoms with Crippen molar-refractivity contribution < 1.29 is 8.78 Å². The molecule has 2 aromatic rings. The van der Waals surface area contributed by atoms with Crippen LogP contribution in [0.4, 0.5) is 8.78 Å². The van der Waals surface area contributed by atoms with Crippen molar-refractivity contribution in [2.45, 2.75) is 0 Å². The molecule has 3 heteroatoms. The Kier molecular flexibility index (Phi) is 2.04. The van der Waals surface area contributed by atoms with E-state index in [2.05, 4.69) is 15.9 Å². The van der Waals surface area contributed by atoms with E-state index in [0.717, 1.165) is 6.07 Å². The second-order valence-electron chi connectivity index (χ2n) is 2.70. The summed E-state index contributed by atoms with van der Waals surface area (Å²) in [5, 5.41) is 0.982. The fourth-order valence-corrected chi connectivity index (χ4v) is 1.72. The normalized spacial score (nSPS) is 10.7. The lowest BCUT2D eigenvalue weighted by Gasteiger charge is -2.02. The SMILES string of the molecule is Fc1cc(F)c2ccccc2c1Br. The summed E-state index contributed by atoms with van der Waals surface area (Å²) in [4.78, 5) is 0. The molecule has 0 atom stereocenters. The van der Waals surface area contributed by atoms with Crippen molar-refractivity contribution in [1.29, 1.82) is 0 Å². The molecule has 2 aromatic carbocycles. The Morgan fingerprint density at radius 2 is 1.54 bits per heavy atom. The first-order valence-electron chi connectivity index (χ1n) is 3.72. The number of fused-ring (bicyclic) bond motifs is 1. The lowest BCUT2D eigenvalue weighted by Crippen LogP contribution is -1.85. The molecular formula is C10H5BrF2. The van der Waals surface area contributed by atoms with Crippen LogP contribution >= 0.6 is 15.9 Å². The predicted molar refractivity (Wildman–Crippen MR) is 51.6 cm³/mol. The molecule has 0 fully saturated rings. The van der Waals surface area contributed by atoms with E-state index in [1.807, 2.05) is 0 Å². The zero-order valence-corrected chi connectivity index (χ0v) is 8.11. The summed E-state index contributed by atoms with van der Waals surface area (Å²) in [7, 11) is 0. The van der Waals surface area contributed by atoms with E-state index in [4.69, 9.17) is 0 Å². The molecule has 0 aliphatic heterocycles. The van der Waals surface area contributed by atoms with E-state index in [-0.39, 0.29) is 0 Å². The first-order chi connectivity index (χ1) is 6.20. The molecular weight excluding hydrogens is 238 g/mol. The number of rotatable bonds is 0. The van der Waals surface area contributed by atoms with Crippen LogP contribution in [0, 0.1) is 11.6 Å². The molecule has 0 aliphatic carbocycles. The molecule has 13 heavy (non-hydrogen) atoms. The summed E-state index contributed by atoms with van der Waals surface area (Å²) >= 11 is 3.07. The minimum atomic E-state index is -0.573. The Morgan fingerprint density at radius 3 is 2.23 bits per heavy atom. The van der Waals surface area contributed by atoms with Crippen molar-refractivity contribution in [3.8, 4) is 0 Å². The third-order valence-electron chi connectivity index (χ3n) is 1.88. The quantitative estimate of drug-likeness (QED) is 0.616. The molecule has 0 amide bonds. The molecule has 0 N–H and O–H groups in total. The maximum atomic E-state index is 13.2. The molecule has 0 unspecified atom stereocenters. The van der Waals surface area contributed by atoms with E-state index >= 15 is 0 Å². The number of hydrogen-bond acceptors (Lipinski definition) is 0. The van der Waals surface area contributed by atoms with E-state index in [1.54, 1.807) is 24.3 Å². The molecule has 66 valence electrons. The summed E-state index contributed by atoms with van der Waals surface area (Å²) in [5.41, 5.74) is 0. The standard InChI is InChI=1S/C10H5BrF2/c11-10-7-4-2-1-3-6(7)8(12)5-9(10)13/h1-5H. The van der Waals surface area contributed by atoms with Crippen molar-refractivity contribution in [3.63, 3.8) is 0 Å². The molecule has 0 aromatic heterocycles. The summed E-state index contributed by atoms with van der Waals surface area (Å²) in [6.07, 6.45) is 0. The Labute approximate surface area is 82.3 Å². The average Bonchev–Trinajstić information content (AvgIpc) is 2.15. The smallest absolute Gasteiger partial charge is 0.140 e. The van der Waals surface area contributed by atoms with Crippen LogP contribution in [0.2, 0.25) is 0 Å². The number of halogens is 3. The van der Waals surface area contributed by atoms with E-state index in [0.29, 0.717) is 15.2 Å². The van der Waals surface area contributed by atoms with Gasteiger partial charge in [-0.15, -0.1) is 0 Å². The van der Waals surface area contributed by atoms with Gasteiger partial charge in [0.15, 0.2) is 0 Å². The summed E-state index contributed by atoms with van der Waals surface area (Å²) in [6, 6.07) is 7.63. The highest BCUT2D eigenvalue weighted by Gasteiger charge is 2.08. The van der Waals surface area contributed by atoms with E-state index < -0.39 is 11.6 Å². The van der Waals surface area contributed by atoms with Crippen molar-refractivity contribution in [3.05, 3.63) is 46.4 Å². The van der Waals surface area contributed by atoms with Gasteiger partial charge >= 0.3 is 0 Å². The molecule has 0 aliphatic rings. The van der Waals surface area contributed by atoms with Gasteiger partial charge in [-0.1, -0.05) is 24.3 Å². The van der Waals surface area contributed by atoms with Gasteiger partial charge in [0.25, 0.3) is 0 Å². The predicted octanol–water partition coefficient (Wildman–Crippen LogP) is 3.88. The molecule has 0 bridgehead atoms. The van der Waals surface area contributed by atoms with Gasteiger partial charge in [0.1, 0.15) is 11.6 Å². The van der Waals surface area contributed by atoms with Crippen molar-refractivity contribution in [2.75, 3.05) is 0 Å². The molecule has 0 radical (unpaired) electrons. The van der Waals surface area contributed by atoms with Gasteiger partial charge in [0, 0.05) is 16.8 Å². The zero-order chi connectivity index (χ0) is 9.42. The second-order valence-corrected chi connectivity index (χ2v) is 3.49. The maximum Gasteiger partial charge on any atom is 0.140 e. The largest absolute Gasteiger partial charge is 0.206 e. The second kappa shape index (κ2) is 3.07. The third kappa shape index (κ3) is 1.33. The summed E-state index contributed by atoms with van der Waals surface area (Å²) < 4.78 is 26.5. The highest BCUT2D eigenvalue weighted by atomic mass is 79.9. The van der Waals surface area contributed by atoms with Crippen LogP contribution in [-0.2, 0) is 0 Å². The third-order valence-corrected chi connectivity index (χ3v) is 2.69. The van der Waals surface area contributed by atoms with Crippen molar-refractivity contribution in [1.82, 2.24) is 0 Å². The van der Waals surface area contributed by atoms with Gasteiger partial charge in [-0.3, -0.25) is 0 Å². The first-order valence-corrected chi connectivity index (χ1v) is 4.51. The number of benzene rings is 2. The van der Waals surface area contributed by atoms with Crippen LogP contribution in [-0.4, -0.2) is 0 Å². The summed E-state index contributed by atoms with van der Waals surface area (Å²) in [6.45, 7) is 0. The van der Waals surface area contributed by atoms with Gasteiger partial charge in [-0.2, -0.15) is 0 Å². The van der Waals surface area contributed by atoms with Gasteiger partial charge in [-0.25, -0.2) is 8.78 Å². The van der Waals surface area contributed by atoms with Crippen molar-refractivity contribution in [2.24, 2.45) is 0 Å². The molecule has 0 nitrogen and oxygen atoms in total. The fourth-order valence-electron chi connectivity index (χ4n) is 1.26. The highest BCUT2D eigenvalue weighted by molar-refractivity contribution is 9.10. The molecule has 0 saturated carbocycles. The van der Waals surface area contributed by atoms with Crippen LogP contribution in [0.5, 0.6) is 0 Å². The van der Waals surface area contributed by atoms with Crippen LogP contribution in [0.1, 0.15) is 0 Å². The van der Waals surface area contributed by atoms with Crippen LogP contribution in [0.15, 0.2) is 34.8 Å². The number of hydrogen-bond donors (Lipinski definition) is 0. The van der Waals surface area contributed by atoms with Crippen molar-refractivity contribution >= 4 is 26.7 Å². The topological polar surface area (TPSA) is 0 Å². The zero-order valence-electron chi connectivity index (χ0n) is 6.52. The monoisotopic (exact) mass is 242 g/mol. The minimum absolute atomic E-state index is 0.310.